The van der Waals surface area contributed by atoms with Gasteiger partial charge < -0.3 is 9.64 Å². The highest BCUT2D eigenvalue weighted by Gasteiger charge is 2.24. The summed E-state index contributed by atoms with van der Waals surface area (Å²) in [5.74, 6) is -0.0921. The molecule has 2 heterocycles. The van der Waals surface area contributed by atoms with Gasteiger partial charge in [-0.1, -0.05) is 42.5 Å². The Morgan fingerprint density at radius 1 is 1.12 bits per heavy atom. The number of hydrogen-bond acceptors (Lipinski definition) is 5. The minimum absolute atomic E-state index is 0.00725. The lowest BCUT2D eigenvalue weighted by molar-refractivity contribution is -0.135. The number of morpholine rings is 1. The van der Waals surface area contributed by atoms with Crippen LogP contribution in [0.5, 0.6) is 0 Å². The van der Waals surface area contributed by atoms with Crippen LogP contribution in [0.3, 0.4) is 0 Å². The highest BCUT2D eigenvalue weighted by molar-refractivity contribution is 5.81. The van der Waals surface area contributed by atoms with E-state index < -0.39 is 0 Å². The van der Waals surface area contributed by atoms with E-state index in [9.17, 15) is 9.59 Å². The summed E-state index contributed by atoms with van der Waals surface area (Å²) in [6.45, 7) is 8.41. The second kappa shape index (κ2) is 10.1. The molecule has 0 N–H and O–H groups in total. The Hall–Kier alpha value is -3.03. The quantitative estimate of drug-likeness (QED) is 0.572. The fourth-order valence-electron chi connectivity index (χ4n) is 4.21. The van der Waals surface area contributed by atoms with Crippen LogP contribution in [0.4, 0.5) is 0 Å². The van der Waals surface area contributed by atoms with Crippen LogP contribution in [-0.2, 0) is 22.6 Å². The number of aryl methyl sites for hydroxylation is 1. The number of fused-ring (bicyclic) bond motifs is 1. The van der Waals surface area contributed by atoms with Crippen LogP contribution < -0.4 is 5.56 Å². The number of benzene rings is 2. The van der Waals surface area contributed by atoms with Gasteiger partial charge in [-0.3, -0.25) is 19.1 Å². The second-order valence-corrected chi connectivity index (χ2v) is 8.42. The Morgan fingerprint density at radius 2 is 1.88 bits per heavy atom. The van der Waals surface area contributed by atoms with Crippen LogP contribution in [0.2, 0.25) is 0 Å². The monoisotopic (exact) mass is 434 g/mol. The predicted octanol–water partition coefficient (Wildman–Crippen LogP) is 2.45. The van der Waals surface area contributed by atoms with Gasteiger partial charge in [-0.05, 0) is 31.0 Å². The second-order valence-electron chi connectivity index (χ2n) is 8.42. The third-order valence-corrected chi connectivity index (χ3v) is 6.04. The number of hydrogen-bond donors (Lipinski definition) is 0. The fourth-order valence-corrected chi connectivity index (χ4v) is 4.21. The van der Waals surface area contributed by atoms with E-state index in [1.54, 1.807) is 6.07 Å². The van der Waals surface area contributed by atoms with Crippen LogP contribution in [0, 0.1) is 6.92 Å². The van der Waals surface area contributed by atoms with Gasteiger partial charge >= 0.3 is 0 Å². The zero-order valence-electron chi connectivity index (χ0n) is 18.7. The fraction of sp³-hybridized carbons (Fsp3) is 0.400. The van der Waals surface area contributed by atoms with Crippen LogP contribution in [0.15, 0.2) is 59.7 Å². The first-order valence-electron chi connectivity index (χ1n) is 11.1. The maximum Gasteiger partial charge on any atom is 0.261 e. The van der Waals surface area contributed by atoms with Crippen LogP contribution >= 0.6 is 0 Å². The van der Waals surface area contributed by atoms with Gasteiger partial charge in [0.05, 0.1) is 30.4 Å². The lowest BCUT2D eigenvalue weighted by atomic mass is 10.1. The van der Waals surface area contributed by atoms with Crippen molar-refractivity contribution in [1.29, 1.82) is 0 Å². The summed E-state index contributed by atoms with van der Waals surface area (Å²) in [6, 6.07) is 15.5. The number of carbonyl (C=O) groups is 1. The minimum atomic E-state index is -0.187. The molecule has 1 aliphatic rings. The SMILES string of the molecule is Cc1cccc2c(=O)n(CC(=O)N(Cc3ccccc3)C(C)CN3CCOCC3)cnc12. The molecule has 1 amide bonds. The van der Waals surface area contributed by atoms with E-state index in [1.807, 2.05) is 54.3 Å². The largest absolute Gasteiger partial charge is 0.379 e. The van der Waals surface area contributed by atoms with Crippen LogP contribution in [0.1, 0.15) is 18.1 Å². The molecule has 3 aromatic rings. The lowest BCUT2D eigenvalue weighted by Gasteiger charge is -2.35. The molecule has 0 spiro atoms. The number of ether oxygens (including phenoxy) is 1. The molecule has 0 bridgehead atoms. The molecule has 7 nitrogen and oxygen atoms in total. The standard InChI is InChI=1S/C25H30N4O3/c1-19-7-6-10-22-24(19)26-18-28(25(22)31)17-23(30)29(16-21-8-4-3-5-9-21)20(2)15-27-11-13-32-14-12-27/h3-10,18,20H,11-17H2,1-2H3. The molecule has 0 aliphatic carbocycles. The van der Waals surface area contributed by atoms with E-state index in [2.05, 4.69) is 16.8 Å². The number of rotatable bonds is 7. The molecule has 1 atom stereocenters. The van der Waals surface area contributed by atoms with Gasteiger partial charge in [0.1, 0.15) is 6.54 Å². The van der Waals surface area contributed by atoms with E-state index in [0.717, 1.165) is 44.0 Å². The summed E-state index contributed by atoms with van der Waals surface area (Å²) in [5.41, 5.74) is 2.51. The summed E-state index contributed by atoms with van der Waals surface area (Å²) in [5, 5.41) is 0.538. The number of aromatic nitrogens is 2. The van der Waals surface area contributed by atoms with Crippen molar-refractivity contribution in [2.24, 2.45) is 0 Å². The summed E-state index contributed by atoms with van der Waals surface area (Å²) >= 11 is 0. The molecule has 1 fully saturated rings. The first-order chi connectivity index (χ1) is 15.5. The molecule has 1 saturated heterocycles. The molecule has 168 valence electrons. The van der Waals surface area contributed by atoms with E-state index in [4.69, 9.17) is 4.74 Å². The van der Waals surface area contributed by atoms with Gasteiger partial charge in [0, 0.05) is 32.2 Å². The molecule has 0 radical (unpaired) electrons. The molecule has 2 aromatic carbocycles. The average Bonchev–Trinajstić information content (AvgIpc) is 2.81. The van der Waals surface area contributed by atoms with E-state index >= 15 is 0 Å². The molecule has 1 aromatic heterocycles. The van der Waals surface area contributed by atoms with Gasteiger partial charge in [0.15, 0.2) is 0 Å². The van der Waals surface area contributed by atoms with E-state index in [0.29, 0.717) is 17.4 Å². The van der Waals surface area contributed by atoms with Crippen LogP contribution in [-0.4, -0.2) is 64.1 Å². The maximum absolute atomic E-state index is 13.5. The minimum Gasteiger partial charge on any atom is -0.379 e. The number of para-hydroxylation sites is 1. The number of carbonyl (C=O) groups excluding carboxylic acids is 1. The van der Waals surface area contributed by atoms with Gasteiger partial charge in [-0.15, -0.1) is 0 Å². The number of amides is 1. The number of nitrogens with zero attached hydrogens (tertiary/aromatic N) is 4. The summed E-state index contributed by atoms with van der Waals surface area (Å²) < 4.78 is 6.87. The van der Waals surface area contributed by atoms with Crippen molar-refractivity contribution < 1.29 is 9.53 Å². The van der Waals surface area contributed by atoms with Crippen molar-refractivity contribution in [3.05, 3.63) is 76.3 Å². The summed E-state index contributed by atoms with van der Waals surface area (Å²) in [4.78, 5) is 35.1. The third-order valence-electron chi connectivity index (χ3n) is 6.04. The van der Waals surface area contributed by atoms with Gasteiger partial charge in [-0.25, -0.2) is 4.98 Å². The Morgan fingerprint density at radius 3 is 2.62 bits per heavy atom. The average molecular weight is 435 g/mol. The van der Waals surface area contributed by atoms with Crippen LogP contribution in [0.25, 0.3) is 10.9 Å². The van der Waals surface area contributed by atoms with Gasteiger partial charge in [0.2, 0.25) is 5.91 Å². The molecule has 32 heavy (non-hydrogen) atoms. The molecule has 1 aliphatic heterocycles. The van der Waals surface area contributed by atoms with E-state index in [-0.39, 0.29) is 24.1 Å². The van der Waals surface area contributed by atoms with Gasteiger partial charge in [-0.2, -0.15) is 0 Å². The highest BCUT2D eigenvalue weighted by Crippen LogP contribution is 2.14. The predicted molar refractivity (Wildman–Crippen MR) is 124 cm³/mol. The Labute approximate surface area is 188 Å². The van der Waals surface area contributed by atoms with E-state index in [1.165, 1.54) is 10.9 Å². The molecule has 1 unspecified atom stereocenters. The van der Waals surface area contributed by atoms with Gasteiger partial charge in [0.25, 0.3) is 5.56 Å². The lowest BCUT2D eigenvalue weighted by Crippen LogP contribution is -2.49. The molecule has 7 heteroatoms. The molecule has 4 rings (SSSR count). The molecule has 0 saturated carbocycles. The van der Waals surface area contributed by atoms with Crippen molar-refractivity contribution in [2.45, 2.75) is 33.0 Å². The normalized spacial score (nSPS) is 15.6. The van der Waals surface area contributed by atoms with Crippen molar-refractivity contribution >= 4 is 16.8 Å². The first kappa shape index (κ1) is 22.2. The first-order valence-corrected chi connectivity index (χ1v) is 11.1. The highest BCUT2D eigenvalue weighted by atomic mass is 16.5. The maximum atomic E-state index is 13.5. The Kier molecular flexibility index (Phi) is 6.97. The van der Waals surface area contributed by atoms with Crippen molar-refractivity contribution in [2.75, 3.05) is 32.8 Å². The van der Waals surface area contributed by atoms with Crippen molar-refractivity contribution in [1.82, 2.24) is 19.4 Å². The Balaban J connectivity index is 1.57. The molecular formula is C25H30N4O3. The van der Waals surface area contributed by atoms with Crippen molar-refractivity contribution in [3.8, 4) is 0 Å². The Bertz CT molecular complexity index is 1120. The zero-order valence-corrected chi connectivity index (χ0v) is 18.7. The summed E-state index contributed by atoms with van der Waals surface area (Å²) in [6.07, 6.45) is 1.49. The van der Waals surface area contributed by atoms with Crippen molar-refractivity contribution in [3.63, 3.8) is 0 Å². The summed E-state index contributed by atoms with van der Waals surface area (Å²) in [7, 11) is 0. The topological polar surface area (TPSA) is 67.7 Å². The third kappa shape index (κ3) is 5.06. The molecular weight excluding hydrogens is 404 g/mol. The zero-order chi connectivity index (χ0) is 22.5. The smallest absolute Gasteiger partial charge is 0.261 e.